The summed E-state index contributed by atoms with van der Waals surface area (Å²) in [6.45, 7) is 7.41. The molecular formula is C11H19N3. The summed E-state index contributed by atoms with van der Waals surface area (Å²) in [7, 11) is 0. The molecule has 3 N–H and O–H groups in total. The first-order chi connectivity index (χ1) is 6.47. The van der Waals surface area contributed by atoms with E-state index in [1.165, 1.54) is 0 Å². The van der Waals surface area contributed by atoms with Crippen molar-refractivity contribution in [2.75, 3.05) is 12.3 Å². The number of nitrogens with two attached hydrogens (primary N) is 1. The van der Waals surface area contributed by atoms with Gasteiger partial charge in [-0.2, -0.15) is 0 Å². The van der Waals surface area contributed by atoms with Gasteiger partial charge in [-0.1, -0.05) is 0 Å². The van der Waals surface area contributed by atoms with E-state index in [2.05, 4.69) is 31.1 Å². The summed E-state index contributed by atoms with van der Waals surface area (Å²) in [5.74, 6) is 0. The van der Waals surface area contributed by atoms with E-state index >= 15 is 0 Å². The second kappa shape index (κ2) is 4.42. The molecule has 0 saturated carbocycles. The van der Waals surface area contributed by atoms with Gasteiger partial charge >= 0.3 is 0 Å². The highest BCUT2D eigenvalue weighted by molar-refractivity contribution is 5.34. The summed E-state index contributed by atoms with van der Waals surface area (Å²) in [6.07, 6.45) is 2.64. The van der Waals surface area contributed by atoms with Crippen LogP contribution in [0, 0.1) is 0 Å². The number of hydrogen-bond donors (Lipinski definition) is 2. The minimum absolute atomic E-state index is 0.174. The topological polar surface area (TPSA) is 50.9 Å². The predicted octanol–water partition coefficient (Wildman–Crippen LogP) is 1.59. The van der Waals surface area contributed by atoms with Crippen molar-refractivity contribution >= 4 is 5.69 Å². The van der Waals surface area contributed by atoms with E-state index < -0.39 is 0 Å². The van der Waals surface area contributed by atoms with Crippen molar-refractivity contribution in [1.82, 2.24) is 10.3 Å². The molecule has 1 heterocycles. The Kier molecular flexibility index (Phi) is 3.47. The highest BCUT2D eigenvalue weighted by Crippen LogP contribution is 2.03. The van der Waals surface area contributed by atoms with Crippen molar-refractivity contribution in [2.24, 2.45) is 0 Å². The zero-order valence-corrected chi connectivity index (χ0v) is 9.17. The number of nitrogens with one attached hydrogen (secondary N) is 1. The maximum absolute atomic E-state index is 5.55. The van der Waals surface area contributed by atoms with Crippen LogP contribution >= 0.6 is 0 Å². The fraction of sp³-hybridized carbons (Fsp3) is 0.545. The number of rotatable bonds is 3. The number of nitrogens with zero attached hydrogens (tertiary/aromatic N) is 1. The molecule has 0 unspecified atom stereocenters. The molecule has 0 atom stereocenters. The molecule has 3 heteroatoms. The highest BCUT2D eigenvalue weighted by Gasteiger charge is 2.07. The molecule has 1 rings (SSSR count). The Morgan fingerprint density at radius 1 is 1.36 bits per heavy atom. The third-order valence-electron chi connectivity index (χ3n) is 1.88. The van der Waals surface area contributed by atoms with Crippen LogP contribution in [0.1, 0.15) is 26.5 Å². The van der Waals surface area contributed by atoms with Gasteiger partial charge in [0.25, 0.3) is 0 Å². The summed E-state index contributed by atoms with van der Waals surface area (Å²) in [5.41, 5.74) is 7.52. The molecule has 1 aromatic rings. The molecule has 0 aromatic carbocycles. The van der Waals surface area contributed by atoms with Crippen molar-refractivity contribution in [3.63, 3.8) is 0 Å². The number of pyridine rings is 1. The standard InChI is InChI=1S/C11H19N3/c1-11(2,3)14-7-6-10-5-4-9(12)8-13-10/h4-5,8,14H,6-7,12H2,1-3H3. The van der Waals surface area contributed by atoms with Crippen LogP contribution in [-0.2, 0) is 6.42 Å². The smallest absolute Gasteiger partial charge is 0.0501 e. The monoisotopic (exact) mass is 193 g/mol. The molecule has 0 spiro atoms. The molecule has 0 radical (unpaired) electrons. The van der Waals surface area contributed by atoms with Crippen LogP contribution in [0.4, 0.5) is 5.69 Å². The lowest BCUT2D eigenvalue weighted by molar-refractivity contribution is 0.428. The summed E-state index contributed by atoms with van der Waals surface area (Å²) >= 11 is 0. The zero-order valence-electron chi connectivity index (χ0n) is 9.17. The normalized spacial score (nSPS) is 11.6. The maximum Gasteiger partial charge on any atom is 0.0501 e. The molecule has 0 saturated heterocycles. The number of hydrogen-bond acceptors (Lipinski definition) is 3. The van der Waals surface area contributed by atoms with Crippen molar-refractivity contribution in [3.05, 3.63) is 24.0 Å². The molecule has 0 aliphatic rings. The summed E-state index contributed by atoms with van der Waals surface area (Å²) in [4.78, 5) is 4.23. The van der Waals surface area contributed by atoms with Gasteiger partial charge in [0.2, 0.25) is 0 Å². The Labute approximate surface area is 85.7 Å². The minimum Gasteiger partial charge on any atom is -0.397 e. The van der Waals surface area contributed by atoms with Gasteiger partial charge < -0.3 is 11.1 Å². The number of aromatic nitrogens is 1. The summed E-state index contributed by atoms with van der Waals surface area (Å²) in [5, 5.41) is 3.41. The van der Waals surface area contributed by atoms with Crippen LogP contribution in [0.3, 0.4) is 0 Å². The first-order valence-corrected chi connectivity index (χ1v) is 4.93. The Bertz CT molecular complexity index is 272. The first-order valence-electron chi connectivity index (χ1n) is 4.93. The van der Waals surface area contributed by atoms with E-state index in [0.29, 0.717) is 0 Å². The fourth-order valence-corrected chi connectivity index (χ4v) is 1.15. The van der Waals surface area contributed by atoms with Gasteiger partial charge in [0, 0.05) is 24.2 Å². The Morgan fingerprint density at radius 2 is 2.07 bits per heavy atom. The van der Waals surface area contributed by atoms with Crippen molar-refractivity contribution in [1.29, 1.82) is 0 Å². The third kappa shape index (κ3) is 4.23. The van der Waals surface area contributed by atoms with Crippen LogP contribution < -0.4 is 11.1 Å². The van der Waals surface area contributed by atoms with E-state index in [1.54, 1.807) is 6.20 Å². The van der Waals surface area contributed by atoms with E-state index in [1.807, 2.05) is 12.1 Å². The van der Waals surface area contributed by atoms with Crippen LogP contribution in [0.5, 0.6) is 0 Å². The zero-order chi connectivity index (χ0) is 10.6. The van der Waals surface area contributed by atoms with Gasteiger partial charge in [-0.3, -0.25) is 4.98 Å². The molecule has 14 heavy (non-hydrogen) atoms. The average molecular weight is 193 g/mol. The van der Waals surface area contributed by atoms with Crippen molar-refractivity contribution < 1.29 is 0 Å². The Hall–Kier alpha value is -1.09. The third-order valence-corrected chi connectivity index (χ3v) is 1.88. The lowest BCUT2D eigenvalue weighted by Crippen LogP contribution is -2.37. The van der Waals surface area contributed by atoms with E-state index in [-0.39, 0.29) is 5.54 Å². The molecule has 0 fully saturated rings. The van der Waals surface area contributed by atoms with Crippen molar-refractivity contribution in [3.8, 4) is 0 Å². The lowest BCUT2D eigenvalue weighted by atomic mass is 10.1. The van der Waals surface area contributed by atoms with Crippen molar-refractivity contribution in [2.45, 2.75) is 32.7 Å². The molecular weight excluding hydrogens is 174 g/mol. The molecule has 1 aromatic heterocycles. The van der Waals surface area contributed by atoms with Gasteiger partial charge in [-0.15, -0.1) is 0 Å². The van der Waals surface area contributed by atoms with Crippen LogP contribution in [-0.4, -0.2) is 17.1 Å². The van der Waals surface area contributed by atoms with Gasteiger partial charge in [0.1, 0.15) is 0 Å². The van der Waals surface area contributed by atoms with Gasteiger partial charge in [0.05, 0.1) is 11.9 Å². The molecule has 0 aliphatic carbocycles. The fourth-order valence-electron chi connectivity index (χ4n) is 1.15. The molecule has 0 aliphatic heterocycles. The Balaban J connectivity index is 2.35. The van der Waals surface area contributed by atoms with Gasteiger partial charge in [-0.25, -0.2) is 0 Å². The summed E-state index contributed by atoms with van der Waals surface area (Å²) < 4.78 is 0. The van der Waals surface area contributed by atoms with E-state index in [9.17, 15) is 0 Å². The molecule has 78 valence electrons. The number of anilines is 1. The van der Waals surface area contributed by atoms with Gasteiger partial charge in [0.15, 0.2) is 0 Å². The number of nitrogen functional groups attached to an aromatic ring is 1. The molecule has 0 bridgehead atoms. The Morgan fingerprint density at radius 3 is 2.57 bits per heavy atom. The van der Waals surface area contributed by atoms with Crippen LogP contribution in [0.25, 0.3) is 0 Å². The summed E-state index contributed by atoms with van der Waals surface area (Å²) in [6, 6.07) is 3.86. The predicted molar refractivity (Wildman–Crippen MR) is 60.1 cm³/mol. The van der Waals surface area contributed by atoms with E-state index in [0.717, 1.165) is 24.3 Å². The molecule has 3 nitrogen and oxygen atoms in total. The average Bonchev–Trinajstić information content (AvgIpc) is 2.06. The second-order valence-electron chi connectivity index (χ2n) is 4.51. The largest absolute Gasteiger partial charge is 0.397 e. The quantitative estimate of drug-likeness (QED) is 0.766. The highest BCUT2D eigenvalue weighted by atomic mass is 14.9. The minimum atomic E-state index is 0.174. The molecule has 0 amide bonds. The SMILES string of the molecule is CC(C)(C)NCCc1ccc(N)cn1. The lowest BCUT2D eigenvalue weighted by Gasteiger charge is -2.20. The first kappa shape index (κ1) is 11.0. The van der Waals surface area contributed by atoms with Crippen LogP contribution in [0.15, 0.2) is 18.3 Å². The van der Waals surface area contributed by atoms with E-state index in [4.69, 9.17) is 5.73 Å². The van der Waals surface area contributed by atoms with Gasteiger partial charge in [-0.05, 0) is 32.9 Å². The second-order valence-corrected chi connectivity index (χ2v) is 4.51. The van der Waals surface area contributed by atoms with Crippen LogP contribution in [0.2, 0.25) is 0 Å². The maximum atomic E-state index is 5.55.